The summed E-state index contributed by atoms with van der Waals surface area (Å²) in [4.78, 5) is 19.6. The van der Waals surface area contributed by atoms with Crippen molar-refractivity contribution in [2.45, 2.75) is 23.7 Å². The van der Waals surface area contributed by atoms with Crippen LogP contribution in [-0.2, 0) is 10.0 Å². The van der Waals surface area contributed by atoms with E-state index in [1.54, 1.807) is 24.3 Å². The quantitative estimate of drug-likeness (QED) is 0.565. The number of benzene rings is 2. The molecule has 1 heterocycles. The standard InChI is InChI=1S/C19H17ClN4O3S/c20-13-3-5-15(6-4-13)24-28(26,27)16-9-7-14(8-10-16)22-19(25)17-11-21-18(23-17)12-1-2-12/h3-12,24H,1-2H2,(H,21,23)(H,22,25). The zero-order valence-electron chi connectivity index (χ0n) is 14.6. The van der Waals surface area contributed by atoms with Crippen molar-refractivity contribution in [2.75, 3.05) is 10.0 Å². The maximum Gasteiger partial charge on any atom is 0.273 e. The Morgan fingerprint density at radius 1 is 1.04 bits per heavy atom. The highest BCUT2D eigenvalue weighted by Gasteiger charge is 2.27. The molecule has 9 heteroatoms. The van der Waals surface area contributed by atoms with Crippen LogP contribution in [0, 0.1) is 0 Å². The topological polar surface area (TPSA) is 104 Å². The van der Waals surface area contributed by atoms with Gasteiger partial charge in [-0.05, 0) is 61.4 Å². The fraction of sp³-hybridized carbons (Fsp3) is 0.158. The number of amides is 1. The SMILES string of the molecule is O=C(Nc1ccc(S(=O)(=O)Nc2ccc(Cl)cc2)cc1)c1cnc(C2CC2)[nH]1. The lowest BCUT2D eigenvalue weighted by Gasteiger charge is -2.09. The summed E-state index contributed by atoms with van der Waals surface area (Å²) in [6.07, 6.45) is 3.70. The van der Waals surface area contributed by atoms with Gasteiger partial charge in [0.2, 0.25) is 0 Å². The van der Waals surface area contributed by atoms with Crippen molar-refractivity contribution >= 4 is 38.9 Å². The van der Waals surface area contributed by atoms with Gasteiger partial charge in [0.1, 0.15) is 11.5 Å². The van der Waals surface area contributed by atoms with Gasteiger partial charge in [0.05, 0.1) is 11.1 Å². The molecule has 1 aliphatic carbocycles. The number of nitrogens with zero attached hydrogens (tertiary/aromatic N) is 1. The summed E-state index contributed by atoms with van der Waals surface area (Å²) in [7, 11) is -3.74. The number of carbonyl (C=O) groups is 1. The summed E-state index contributed by atoms with van der Waals surface area (Å²) in [6, 6.07) is 12.3. The van der Waals surface area contributed by atoms with Gasteiger partial charge in [-0.3, -0.25) is 9.52 Å². The number of carbonyl (C=O) groups excluding carboxylic acids is 1. The number of nitrogens with one attached hydrogen (secondary N) is 3. The van der Waals surface area contributed by atoms with Crippen LogP contribution in [0.15, 0.2) is 59.6 Å². The highest BCUT2D eigenvalue weighted by Crippen LogP contribution is 2.38. The van der Waals surface area contributed by atoms with Gasteiger partial charge in [0.25, 0.3) is 15.9 Å². The Hall–Kier alpha value is -2.84. The zero-order chi connectivity index (χ0) is 19.7. The first-order valence-electron chi connectivity index (χ1n) is 8.65. The lowest BCUT2D eigenvalue weighted by Crippen LogP contribution is -2.14. The average molecular weight is 417 g/mol. The molecule has 0 atom stereocenters. The van der Waals surface area contributed by atoms with Crippen molar-refractivity contribution < 1.29 is 13.2 Å². The molecule has 1 aliphatic rings. The van der Waals surface area contributed by atoms with Gasteiger partial charge in [-0.1, -0.05) is 11.6 Å². The number of sulfonamides is 1. The Morgan fingerprint density at radius 2 is 1.68 bits per heavy atom. The van der Waals surface area contributed by atoms with E-state index < -0.39 is 10.0 Å². The van der Waals surface area contributed by atoms with Gasteiger partial charge in [0, 0.05) is 22.3 Å². The number of aromatic amines is 1. The fourth-order valence-corrected chi connectivity index (χ4v) is 3.85. The molecule has 7 nitrogen and oxygen atoms in total. The summed E-state index contributed by atoms with van der Waals surface area (Å²) < 4.78 is 27.4. The number of halogens is 1. The van der Waals surface area contributed by atoms with Gasteiger partial charge in [-0.25, -0.2) is 13.4 Å². The number of H-pyrrole nitrogens is 1. The van der Waals surface area contributed by atoms with Gasteiger partial charge in [-0.2, -0.15) is 0 Å². The first-order valence-corrected chi connectivity index (χ1v) is 10.5. The molecular weight excluding hydrogens is 400 g/mol. The minimum absolute atomic E-state index is 0.0815. The van der Waals surface area contributed by atoms with E-state index in [-0.39, 0.29) is 10.8 Å². The molecule has 1 fully saturated rings. The van der Waals surface area contributed by atoms with Gasteiger partial charge in [0.15, 0.2) is 0 Å². The second-order valence-electron chi connectivity index (χ2n) is 6.55. The molecule has 144 valence electrons. The lowest BCUT2D eigenvalue weighted by molar-refractivity contribution is 0.102. The summed E-state index contributed by atoms with van der Waals surface area (Å²) in [5.74, 6) is 0.938. The van der Waals surface area contributed by atoms with Crippen LogP contribution in [0.4, 0.5) is 11.4 Å². The molecule has 0 aliphatic heterocycles. The number of imidazole rings is 1. The van der Waals surface area contributed by atoms with E-state index in [0.29, 0.717) is 28.0 Å². The second kappa shape index (κ2) is 7.29. The Balaban J connectivity index is 1.43. The van der Waals surface area contributed by atoms with Crippen molar-refractivity contribution in [3.63, 3.8) is 0 Å². The Labute approximate surface area is 167 Å². The summed E-state index contributed by atoms with van der Waals surface area (Å²) in [5, 5.41) is 3.24. The van der Waals surface area contributed by atoms with Crippen LogP contribution in [-0.4, -0.2) is 24.3 Å². The summed E-state index contributed by atoms with van der Waals surface area (Å²) in [5.41, 5.74) is 1.27. The molecule has 1 aromatic heterocycles. The van der Waals surface area contributed by atoms with Crippen LogP contribution in [0.5, 0.6) is 0 Å². The van der Waals surface area contributed by atoms with Crippen LogP contribution >= 0.6 is 11.6 Å². The summed E-state index contributed by atoms with van der Waals surface area (Å²) >= 11 is 5.80. The third-order valence-electron chi connectivity index (χ3n) is 4.32. The fourth-order valence-electron chi connectivity index (χ4n) is 2.66. The van der Waals surface area contributed by atoms with Crippen LogP contribution in [0.3, 0.4) is 0 Å². The average Bonchev–Trinajstić information content (AvgIpc) is 3.40. The molecule has 4 rings (SSSR count). The molecule has 3 aromatic rings. The van der Waals surface area contributed by atoms with E-state index in [1.165, 1.54) is 30.5 Å². The predicted octanol–water partition coefficient (Wildman–Crippen LogP) is 3.99. The van der Waals surface area contributed by atoms with E-state index in [4.69, 9.17) is 11.6 Å². The number of aromatic nitrogens is 2. The maximum atomic E-state index is 12.5. The van der Waals surface area contributed by atoms with E-state index >= 15 is 0 Å². The van der Waals surface area contributed by atoms with Gasteiger partial charge in [-0.15, -0.1) is 0 Å². The van der Waals surface area contributed by atoms with Crippen molar-refractivity contribution in [3.8, 4) is 0 Å². The van der Waals surface area contributed by atoms with Gasteiger partial charge < -0.3 is 10.3 Å². The van der Waals surface area contributed by atoms with Gasteiger partial charge >= 0.3 is 0 Å². The third kappa shape index (κ3) is 4.18. The summed E-state index contributed by atoms with van der Waals surface area (Å²) in [6.45, 7) is 0. The predicted molar refractivity (Wildman–Crippen MR) is 107 cm³/mol. The third-order valence-corrected chi connectivity index (χ3v) is 5.97. The van der Waals surface area contributed by atoms with Crippen molar-refractivity contribution in [3.05, 3.63) is 71.3 Å². The van der Waals surface area contributed by atoms with Crippen molar-refractivity contribution in [1.82, 2.24) is 9.97 Å². The van der Waals surface area contributed by atoms with E-state index in [2.05, 4.69) is 20.0 Å². The monoisotopic (exact) mass is 416 g/mol. The highest BCUT2D eigenvalue weighted by atomic mass is 35.5. The molecular formula is C19H17ClN4O3S. The van der Waals surface area contributed by atoms with E-state index in [0.717, 1.165) is 18.7 Å². The molecule has 0 unspecified atom stereocenters. The minimum atomic E-state index is -3.74. The molecule has 3 N–H and O–H groups in total. The molecule has 28 heavy (non-hydrogen) atoms. The normalized spacial score (nSPS) is 13.9. The number of hydrogen-bond acceptors (Lipinski definition) is 4. The molecule has 0 spiro atoms. The minimum Gasteiger partial charge on any atom is -0.338 e. The van der Waals surface area contributed by atoms with E-state index in [9.17, 15) is 13.2 Å². The molecule has 0 radical (unpaired) electrons. The molecule has 0 bridgehead atoms. The zero-order valence-corrected chi connectivity index (χ0v) is 16.2. The Kier molecular flexibility index (Phi) is 4.82. The van der Waals surface area contributed by atoms with Crippen molar-refractivity contribution in [2.24, 2.45) is 0 Å². The van der Waals surface area contributed by atoms with Crippen LogP contribution in [0.1, 0.15) is 35.1 Å². The smallest absolute Gasteiger partial charge is 0.273 e. The first-order chi connectivity index (χ1) is 13.4. The highest BCUT2D eigenvalue weighted by molar-refractivity contribution is 7.92. The maximum absolute atomic E-state index is 12.5. The lowest BCUT2D eigenvalue weighted by atomic mass is 10.3. The van der Waals surface area contributed by atoms with Crippen molar-refractivity contribution in [1.29, 1.82) is 0 Å². The van der Waals surface area contributed by atoms with Crippen LogP contribution in [0.25, 0.3) is 0 Å². The largest absolute Gasteiger partial charge is 0.338 e. The molecule has 2 aromatic carbocycles. The van der Waals surface area contributed by atoms with Crippen LogP contribution in [0.2, 0.25) is 5.02 Å². The number of rotatable bonds is 6. The van der Waals surface area contributed by atoms with Crippen LogP contribution < -0.4 is 10.0 Å². The number of hydrogen-bond donors (Lipinski definition) is 3. The first kappa shape index (κ1) is 18.5. The van der Waals surface area contributed by atoms with E-state index in [1.807, 2.05) is 0 Å². The Bertz CT molecular complexity index is 1100. The molecule has 0 saturated heterocycles. The number of anilines is 2. The second-order valence-corrected chi connectivity index (χ2v) is 8.67. The molecule has 1 saturated carbocycles. The molecule has 1 amide bonds. The Morgan fingerprint density at radius 3 is 2.32 bits per heavy atom.